The monoisotopic (exact) mass is 214 g/mol. The van der Waals surface area contributed by atoms with E-state index in [1.54, 1.807) is 7.11 Å². The van der Waals surface area contributed by atoms with Crippen LogP contribution in [0.15, 0.2) is 0 Å². The molecule has 0 spiro atoms. The van der Waals surface area contributed by atoms with Gasteiger partial charge in [-0.1, -0.05) is 13.8 Å². The Morgan fingerprint density at radius 1 is 1.47 bits per heavy atom. The van der Waals surface area contributed by atoms with E-state index in [1.165, 1.54) is 32.6 Å². The zero-order chi connectivity index (χ0) is 11.1. The second-order valence-electron chi connectivity index (χ2n) is 4.81. The van der Waals surface area contributed by atoms with Crippen molar-refractivity contribution < 1.29 is 4.74 Å². The third-order valence-electron chi connectivity index (χ3n) is 3.14. The highest BCUT2D eigenvalue weighted by Crippen LogP contribution is 2.08. The summed E-state index contributed by atoms with van der Waals surface area (Å²) in [7, 11) is 1.78. The summed E-state index contributed by atoms with van der Waals surface area (Å²) < 4.78 is 5.10. The number of rotatable bonds is 5. The maximum atomic E-state index is 5.10. The summed E-state index contributed by atoms with van der Waals surface area (Å²) in [6, 6.07) is 0.662. The van der Waals surface area contributed by atoms with E-state index in [9.17, 15) is 0 Å². The molecule has 3 heteroatoms. The third-order valence-corrected chi connectivity index (χ3v) is 3.14. The number of hydrogen-bond acceptors (Lipinski definition) is 3. The third kappa shape index (κ3) is 4.96. The first-order chi connectivity index (χ1) is 7.24. The highest BCUT2D eigenvalue weighted by molar-refractivity contribution is 4.78. The Morgan fingerprint density at radius 2 is 2.27 bits per heavy atom. The number of methoxy groups -OCH3 is 1. The van der Waals surface area contributed by atoms with Gasteiger partial charge >= 0.3 is 0 Å². The van der Waals surface area contributed by atoms with Crippen molar-refractivity contribution in [2.75, 3.05) is 39.9 Å². The summed E-state index contributed by atoms with van der Waals surface area (Å²) >= 11 is 0. The molecule has 0 amide bonds. The summed E-state index contributed by atoms with van der Waals surface area (Å²) in [6.45, 7) is 10.3. The molecule has 0 aromatic heterocycles. The molecule has 1 heterocycles. The molecule has 0 aliphatic carbocycles. The van der Waals surface area contributed by atoms with Gasteiger partial charge in [-0.15, -0.1) is 0 Å². The molecule has 15 heavy (non-hydrogen) atoms. The smallest absolute Gasteiger partial charge is 0.0474 e. The molecule has 0 aromatic rings. The number of ether oxygens (including phenoxy) is 1. The summed E-state index contributed by atoms with van der Waals surface area (Å²) in [6.07, 6.45) is 2.43. The van der Waals surface area contributed by atoms with Crippen LogP contribution < -0.4 is 5.32 Å². The van der Waals surface area contributed by atoms with Gasteiger partial charge in [-0.2, -0.15) is 0 Å². The van der Waals surface area contributed by atoms with Crippen molar-refractivity contribution >= 4 is 0 Å². The first kappa shape index (κ1) is 12.9. The molecule has 1 aliphatic heterocycles. The molecule has 1 rings (SSSR count). The van der Waals surface area contributed by atoms with E-state index in [4.69, 9.17) is 4.74 Å². The SMILES string of the molecule is COCCCN1CCCNC(C(C)C)C1. The van der Waals surface area contributed by atoms with Crippen molar-refractivity contribution in [3.8, 4) is 0 Å². The number of nitrogens with one attached hydrogen (secondary N) is 1. The van der Waals surface area contributed by atoms with Gasteiger partial charge in [0.1, 0.15) is 0 Å². The molecule has 1 atom stereocenters. The maximum Gasteiger partial charge on any atom is 0.0474 e. The lowest BCUT2D eigenvalue weighted by Gasteiger charge is -2.26. The van der Waals surface area contributed by atoms with Gasteiger partial charge in [0.2, 0.25) is 0 Å². The van der Waals surface area contributed by atoms with Crippen molar-refractivity contribution in [3.05, 3.63) is 0 Å². The molecular formula is C12H26N2O. The highest BCUT2D eigenvalue weighted by Gasteiger charge is 2.19. The minimum atomic E-state index is 0.662. The fourth-order valence-corrected chi connectivity index (χ4v) is 2.11. The molecule has 1 N–H and O–H groups in total. The molecule has 0 aromatic carbocycles. The van der Waals surface area contributed by atoms with E-state index in [-0.39, 0.29) is 0 Å². The van der Waals surface area contributed by atoms with Crippen molar-refractivity contribution in [3.63, 3.8) is 0 Å². The van der Waals surface area contributed by atoms with Crippen LogP contribution in [0.25, 0.3) is 0 Å². The summed E-state index contributed by atoms with van der Waals surface area (Å²) in [5.74, 6) is 0.730. The van der Waals surface area contributed by atoms with E-state index in [2.05, 4.69) is 24.1 Å². The van der Waals surface area contributed by atoms with Gasteiger partial charge < -0.3 is 15.0 Å². The summed E-state index contributed by atoms with van der Waals surface area (Å²) in [5.41, 5.74) is 0. The Bertz CT molecular complexity index is 162. The van der Waals surface area contributed by atoms with Crippen molar-refractivity contribution in [1.29, 1.82) is 0 Å². The van der Waals surface area contributed by atoms with E-state index in [0.717, 1.165) is 18.9 Å². The average molecular weight is 214 g/mol. The second-order valence-corrected chi connectivity index (χ2v) is 4.81. The second kappa shape index (κ2) is 7.20. The largest absolute Gasteiger partial charge is 0.385 e. The lowest BCUT2D eigenvalue weighted by atomic mass is 10.0. The number of hydrogen-bond donors (Lipinski definition) is 1. The van der Waals surface area contributed by atoms with Gasteiger partial charge in [-0.25, -0.2) is 0 Å². The van der Waals surface area contributed by atoms with Crippen molar-refractivity contribution in [2.24, 2.45) is 5.92 Å². The molecule has 0 radical (unpaired) electrons. The van der Waals surface area contributed by atoms with Gasteiger partial charge in [0.25, 0.3) is 0 Å². The van der Waals surface area contributed by atoms with Crippen molar-refractivity contribution in [2.45, 2.75) is 32.7 Å². The fraction of sp³-hybridized carbons (Fsp3) is 1.00. The van der Waals surface area contributed by atoms with E-state index in [1.807, 2.05) is 0 Å². The molecular weight excluding hydrogens is 188 g/mol. The Hall–Kier alpha value is -0.120. The molecule has 1 fully saturated rings. The number of nitrogens with zero attached hydrogens (tertiary/aromatic N) is 1. The molecule has 90 valence electrons. The van der Waals surface area contributed by atoms with Gasteiger partial charge in [0.05, 0.1) is 0 Å². The van der Waals surface area contributed by atoms with Crippen LogP contribution in [0.5, 0.6) is 0 Å². The van der Waals surface area contributed by atoms with Gasteiger partial charge in [0, 0.05) is 32.8 Å². The Labute approximate surface area is 94.2 Å². The predicted octanol–water partition coefficient (Wildman–Crippen LogP) is 1.34. The Morgan fingerprint density at radius 3 is 2.93 bits per heavy atom. The van der Waals surface area contributed by atoms with Crippen LogP contribution in [0.4, 0.5) is 0 Å². The topological polar surface area (TPSA) is 24.5 Å². The highest BCUT2D eigenvalue weighted by atomic mass is 16.5. The minimum absolute atomic E-state index is 0.662. The first-order valence-electron chi connectivity index (χ1n) is 6.18. The van der Waals surface area contributed by atoms with Crippen LogP contribution in [0.2, 0.25) is 0 Å². The molecule has 0 saturated carbocycles. The Balaban J connectivity index is 2.29. The van der Waals surface area contributed by atoms with E-state index < -0.39 is 0 Å². The minimum Gasteiger partial charge on any atom is -0.385 e. The lowest BCUT2D eigenvalue weighted by Crippen LogP contribution is -2.41. The predicted molar refractivity (Wildman–Crippen MR) is 64.2 cm³/mol. The zero-order valence-corrected chi connectivity index (χ0v) is 10.5. The van der Waals surface area contributed by atoms with Crippen LogP contribution in [0, 0.1) is 5.92 Å². The standard InChI is InChI=1S/C12H26N2O/c1-11(2)12-10-14(7-4-6-13-12)8-5-9-15-3/h11-13H,4-10H2,1-3H3. The molecule has 3 nitrogen and oxygen atoms in total. The van der Waals surface area contributed by atoms with Crippen LogP contribution in [-0.2, 0) is 4.74 Å². The maximum absolute atomic E-state index is 5.10. The van der Waals surface area contributed by atoms with Gasteiger partial charge in [-0.3, -0.25) is 0 Å². The summed E-state index contributed by atoms with van der Waals surface area (Å²) in [4.78, 5) is 2.57. The lowest BCUT2D eigenvalue weighted by molar-refractivity contribution is 0.167. The van der Waals surface area contributed by atoms with E-state index >= 15 is 0 Å². The quantitative estimate of drug-likeness (QED) is 0.699. The van der Waals surface area contributed by atoms with Crippen LogP contribution in [-0.4, -0.2) is 50.8 Å². The van der Waals surface area contributed by atoms with Gasteiger partial charge in [0.15, 0.2) is 0 Å². The zero-order valence-electron chi connectivity index (χ0n) is 10.5. The normalized spacial score (nSPS) is 24.4. The van der Waals surface area contributed by atoms with E-state index in [0.29, 0.717) is 6.04 Å². The average Bonchev–Trinajstić information content (AvgIpc) is 2.44. The van der Waals surface area contributed by atoms with Crippen LogP contribution >= 0.6 is 0 Å². The molecule has 1 aliphatic rings. The summed E-state index contributed by atoms with van der Waals surface area (Å²) in [5, 5.41) is 3.63. The van der Waals surface area contributed by atoms with Crippen LogP contribution in [0.3, 0.4) is 0 Å². The molecule has 1 unspecified atom stereocenters. The van der Waals surface area contributed by atoms with Crippen LogP contribution in [0.1, 0.15) is 26.7 Å². The van der Waals surface area contributed by atoms with Gasteiger partial charge in [-0.05, 0) is 31.8 Å². The Kier molecular flexibility index (Phi) is 6.22. The molecule has 1 saturated heterocycles. The van der Waals surface area contributed by atoms with Crippen molar-refractivity contribution in [1.82, 2.24) is 10.2 Å². The first-order valence-corrected chi connectivity index (χ1v) is 6.18. The molecule has 0 bridgehead atoms. The fourth-order valence-electron chi connectivity index (χ4n) is 2.11.